The van der Waals surface area contributed by atoms with Crippen LogP contribution in [0.2, 0.25) is 4.34 Å². The van der Waals surface area contributed by atoms with Crippen LogP contribution in [0.1, 0.15) is 44.4 Å². The molecule has 0 aliphatic heterocycles. The lowest BCUT2D eigenvalue weighted by Gasteiger charge is -2.38. The van der Waals surface area contributed by atoms with Crippen molar-refractivity contribution in [1.29, 1.82) is 0 Å². The second-order valence-electron chi connectivity index (χ2n) is 6.05. The van der Waals surface area contributed by atoms with Gasteiger partial charge in [-0.25, -0.2) is 0 Å². The topological polar surface area (TPSA) is 37.3 Å². The van der Waals surface area contributed by atoms with Gasteiger partial charge in [0.15, 0.2) is 0 Å². The van der Waals surface area contributed by atoms with Crippen LogP contribution in [0, 0.1) is 17.3 Å². The first-order valence-electron chi connectivity index (χ1n) is 6.90. The van der Waals surface area contributed by atoms with Gasteiger partial charge in [0, 0.05) is 4.88 Å². The molecule has 19 heavy (non-hydrogen) atoms. The zero-order chi connectivity index (χ0) is 14.0. The van der Waals surface area contributed by atoms with E-state index in [-0.39, 0.29) is 0 Å². The predicted molar refractivity (Wildman–Crippen MR) is 79.9 cm³/mol. The molecule has 1 fully saturated rings. The predicted octanol–water partition coefficient (Wildman–Crippen LogP) is 4.86. The summed E-state index contributed by atoms with van der Waals surface area (Å²) in [5, 5.41) is 9.65. The number of hydrogen-bond donors (Lipinski definition) is 1. The molecule has 0 radical (unpaired) electrons. The van der Waals surface area contributed by atoms with Crippen molar-refractivity contribution in [3.63, 3.8) is 0 Å². The first-order chi connectivity index (χ1) is 8.93. The minimum atomic E-state index is -0.640. The molecule has 2 rings (SSSR count). The average Bonchev–Trinajstić information content (AvgIpc) is 2.75. The zero-order valence-corrected chi connectivity index (χ0v) is 13.1. The van der Waals surface area contributed by atoms with Crippen LogP contribution in [0.4, 0.5) is 0 Å². The Morgan fingerprint density at radius 2 is 2.11 bits per heavy atom. The molecule has 1 aromatic rings. The van der Waals surface area contributed by atoms with Crippen molar-refractivity contribution in [2.24, 2.45) is 17.3 Å². The summed E-state index contributed by atoms with van der Waals surface area (Å²) in [6, 6.07) is 3.82. The van der Waals surface area contributed by atoms with Crippen LogP contribution < -0.4 is 0 Å². The van der Waals surface area contributed by atoms with Crippen molar-refractivity contribution in [2.75, 3.05) is 0 Å². The number of carbonyl (C=O) groups is 1. The number of thiophene rings is 1. The van der Waals surface area contributed by atoms with Crippen LogP contribution in [0.5, 0.6) is 0 Å². The summed E-state index contributed by atoms with van der Waals surface area (Å²) in [5.74, 6) is 0.696. The van der Waals surface area contributed by atoms with E-state index in [1.54, 1.807) is 0 Å². The molecular formula is C15H21ClO2S. The summed E-state index contributed by atoms with van der Waals surface area (Å²) in [7, 11) is 0. The largest absolute Gasteiger partial charge is 0.481 e. The molecule has 0 bridgehead atoms. The van der Waals surface area contributed by atoms with Crippen molar-refractivity contribution in [3.05, 3.63) is 21.3 Å². The van der Waals surface area contributed by atoms with E-state index in [1.807, 2.05) is 12.1 Å². The lowest BCUT2D eigenvalue weighted by atomic mass is 9.66. The van der Waals surface area contributed by atoms with E-state index in [1.165, 1.54) is 11.3 Å². The molecule has 1 saturated carbocycles. The average molecular weight is 301 g/mol. The van der Waals surface area contributed by atoms with E-state index in [0.29, 0.717) is 18.3 Å². The molecule has 0 aromatic carbocycles. The van der Waals surface area contributed by atoms with E-state index in [2.05, 4.69) is 13.8 Å². The molecule has 1 heterocycles. The quantitative estimate of drug-likeness (QED) is 0.862. The maximum Gasteiger partial charge on any atom is 0.309 e. The Morgan fingerprint density at radius 3 is 2.53 bits per heavy atom. The molecule has 2 nitrogen and oxygen atoms in total. The van der Waals surface area contributed by atoms with Crippen LogP contribution in [-0.4, -0.2) is 11.1 Å². The van der Waals surface area contributed by atoms with Gasteiger partial charge in [-0.1, -0.05) is 25.4 Å². The fourth-order valence-electron chi connectivity index (χ4n) is 3.11. The van der Waals surface area contributed by atoms with Gasteiger partial charge >= 0.3 is 5.97 Å². The third-order valence-corrected chi connectivity index (χ3v) is 5.76. The summed E-state index contributed by atoms with van der Waals surface area (Å²) in [5.41, 5.74) is -0.570. The summed E-state index contributed by atoms with van der Waals surface area (Å²) in [6.45, 7) is 4.47. The van der Waals surface area contributed by atoms with Gasteiger partial charge in [0.05, 0.1) is 9.75 Å². The van der Waals surface area contributed by atoms with E-state index in [0.717, 1.165) is 34.9 Å². The molecule has 0 atom stereocenters. The summed E-state index contributed by atoms with van der Waals surface area (Å²) >= 11 is 7.45. The number of rotatable bonds is 4. The van der Waals surface area contributed by atoms with Crippen molar-refractivity contribution < 1.29 is 9.90 Å². The normalized spacial score (nSPS) is 27.7. The van der Waals surface area contributed by atoms with Crippen LogP contribution >= 0.6 is 22.9 Å². The van der Waals surface area contributed by atoms with Crippen LogP contribution in [0.3, 0.4) is 0 Å². The van der Waals surface area contributed by atoms with Crippen molar-refractivity contribution in [3.8, 4) is 0 Å². The van der Waals surface area contributed by atoms with E-state index in [9.17, 15) is 9.90 Å². The Bertz CT molecular complexity index is 445. The second-order valence-corrected chi connectivity index (χ2v) is 7.85. The van der Waals surface area contributed by atoms with Crippen LogP contribution in [0.15, 0.2) is 12.1 Å². The van der Waals surface area contributed by atoms with Gasteiger partial charge in [-0.2, -0.15) is 0 Å². The van der Waals surface area contributed by atoms with E-state index >= 15 is 0 Å². The molecule has 1 aromatic heterocycles. The Morgan fingerprint density at radius 1 is 1.47 bits per heavy atom. The van der Waals surface area contributed by atoms with E-state index in [4.69, 9.17) is 11.6 Å². The number of halogens is 1. The molecule has 1 aliphatic carbocycles. The zero-order valence-electron chi connectivity index (χ0n) is 11.5. The first kappa shape index (κ1) is 14.9. The maximum absolute atomic E-state index is 11.7. The molecule has 0 unspecified atom stereocenters. The molecule has 1 N–H and O–H groups in total. The summed E-state index contributed by atoms with van der Waals surface area (Å²) in [4.78, 5) is 12.8. The molecule has 0 saturated heterocycles. The molecule has 1 aliphatic rings. The van der Waals surface area contributed by atoms with Gasteiger partial charge in [0.1, 0.15) is 0 Å². The molecule has 0 amide bonds. The molecule has 4 heteroatoms. The molecule has 106 valence electrons. The standard InChI is InChI=1S/C15H21ClO2S/c1-10(2)11-5-7-15(8-6-11,14(17)18)9-12-3-4-13(16)19-12/h3-4,10-11H,5-9H2,1-2H3,(H,17,18). The highest BCUT2D eigenvalue weighted by Crippen LogP contribution is 2.44. The minimum absolute atomic E-state index is 0.570. The van der Waals surface area contributed by atoms with E-state index < -0.39 is 11.4 Å². The number of carboxylic acids is 1. The fraction of sp³-hybridized carbons (Fsp3) is 0.667. The monoisotopic (exact) mass is 300 g/mol. The van der Waals surface area contributed by atoms with Crippen LogP contribution in [-0.2, 0) is 11.2 Å². The summed E-state index contributed by atoms with van der Waals surface area (Å²) in [6.07, 6.45) is 4.28. The highest BCUT2D eigenvalue weighted by molar-refractivity contribution is 7.16. The lowest BCUT2D eigenvalue weighted by molar-refractivity contribution is -0.151. The lowest BCUT2D eigenvalue weighted by Crippen LogP contribution is -2.38. The Balaban J connectivity index is 2.10. The number of hydrogen-bond acceptors (Lipinski definition) is 2. The number of aliphatic carboxylic acids is 1. The van der Waals surface area contributed by atoms with Crippen molar-refractivity contribution in [2.45, 2.75) is 46.0 Å². The third kappa shape index (κ3) is 3.32. The Labute approximate surface area is 123 Å². The van der Waals surface area contributed by atoms with Crippen molar-refractivity contribution >= 4 is 28.9 Å². The van der Waals surface area contributed by atoms with Gasteiger partial charge in [-0.05, 0) is 56.1 Å². The highest BCUT2D eigenvalue weighted by Gasteiger charge is 2.42. The van der Waals surface area contributed by atoms with Crippen molar-refractivity contribution in [1.82, 2.24) is 0 Å². The second kappa shape index (κ2) is 5.84. The van der Waals surface area contributed by atoms with Gasteiger partial charge in [-0.3, -0.25) is 4.79 Å². The van der Waals surface area contributed by atoms with Crippen LogP contribution in [0.25, 0.3) is 0 Å². The Kier molecular flexibility index (Phi) is 4.57. The van der Waals surface area contributed by atoms with Gasteiger partial charge < -0.3 is 5.11 Å². The smallest absolute Gasteiger partial charge is 0.309 e. The first-order valence-corrected chi connectivity index (χ1v) is 8.10. The Hall–Kier alpha value is -0.540. The third-order valence-electron chi connectivity index (χ3n) is 4.53. The SMILES string of the molecule is CC(C)C1CCC(Cc2ccc(Cl)s2)(C(=O)O)CC1. The highest BCUT2D eigenvalue weighted by atomic mass is 35.5. The van der Waals surface area contributed by atoms with Gasteiger partial charge in [0.25, 0.3) is 0 Å². The fourth-order valence-corrected chi connectivity index (χ4v) is 4.34. The molecular weight excluding hydrogens is 280 g/mol. The van der Waals surface area contributed by atoms with Gasteiger partial charge in [-0.15, -0.1) is 11.3 Å². The number of carboxylic acid groups (broad SMARTS) is 1. The minimum Gasteiger partial charge on any atom is -0.481 e. The summed E-state index contributed by atoms with van der Waals surface area (Å²) < 4.78 is 0.742. The maximum atomic E-state index is 11.7. The van der Waals surface area contributed by atoms with Gasteiger partial charge in [0.2, 0.25) is 0 Å². The molecule has 0 spiro atoms.